The molecule has 3 rings (SSSR count). The lowest BCUT2D eigenvalue weighted by Crippen LogP contribution is -2.40. The number of rotatable bonds is 9. The molecule has 0 radical (unpaired) electrons. The summed E-state index contributed by atoms with van der Waals surface area (Å²) in [5.74, 6) is 3.00. The lowest BCUT2D eigenvalue weighted by molar-refractivity contribution is 0.0888. The van der Waals surface area contributed by atoms with Crippen molar-refractivity contribution in [1.82, 2.24) is 10.6 Å². The second-order valence-electron chi connectivity index (χ2n) is 8.17. The molecule has 164 valence electrons. The molecule has 1 atom stereocenters. The predicted molar refractivity (Wildman–Crippen MR) is 130 cm³/mol. The Bertz CT molecular complexity index is 571. The molecule has 2 fully saturated rings. The van der Waals surface area contributed by atoms with Crippen molar-refractivity contribution in [2.75, 3.05) is 46.6 Å². The largest absolute Gasteiger partial charge is 0.381 e. The van der Waals surface area contributed by atoms with Crippen molar-refractivity contribution in [1.29, 1.82) is 0 Å². The van der Waals surface area contributed by atoms with E-state index in [-0.39, 0.29) is 24.0 Å². The van der Waals surface area contributed by atoms with Gasteiger partial charge in [0.05, 0.1) is 13.2 Å². The van der Waals surface area contributed by atoms with Crippen LogP contribution in [0.25, 0.3) is 0 Å². The highest BCUT2D eigenvalue weighted by atomic mass is 127. The molecule has 2 aliphatic rings. The molecule has 1 heterocycles. The fraction of sp³-hybridized carbons (Fsp3) is 0.696. The van der Waals surface area contributed by atoms with E-state index in [0.29, 0.717) is 5.92 Å². The Hall–Kier alpha value is -0.860. The van der Waals surface area contributed by atoms with Crippen LogP contribution in [0.5, 0.6) is 0 Å². The molecule has 29 heavy (non-hydrogen) atoms. The van der Waals surface area contributed by atoms with E-state index in [9.17, 15) is 0 Å². The van der Waals surface area contributed by atoms with Gasteiger partial charge in [0, 0.05) is 39.3 Å². The maximum absolute atomic E-state index is 5.75. The van der Waals surface area contributed by atoms with Gasteiger partial charge in [0.15, 0.2) is 5.96 Å². The summed E-state index contributed by atoms with van der Waals surface area (Å²) in [7, 11) is 1.85. The summed E-state index contributed by atoms with van der Waals surface area (Å²) in [4.78, 5) is 4.35. The van der Waals surface area contributed by atoms with Crippen LogP contribution in [-0.2, 0) is 9.47 Å². The Kier molecular flexibility index (Phi) is 12.0. The smallest absolute Gasteiger partial charge is 0.190 e. The third kappa shape index (κ3) is 8.80. The van der Waals surface area contributed by atoms with Gasteiger partial charge in [0.2, 0.25) is 0 Å². The zero-order valence-electron chi connectivity index (χ0n) is 17.8. The predicted octanol–water partition coefficient (Wildman–Crippen LogP) is 4.19. The molecule has 6 heteroatoms. The third-order valence-electron chi connectivity index (χ3n) is 6.03. The van der Waals surface area contributed by atoms with E-state index in [2.05, 4.69) is 46.0 Å². The normalized spacial score (nSPS) is 24.7. The van der Waals surface area contributed by atoms with Crippen LogP contribution in [0, 0.1) is 11.8 Å². The summed E-state index contributed by atoms with van der Waals surface area (Å²) in [6.07, 6.45) is 7.32. The minimum absolute atomic E-state index is 0. The number of ether oxygens (including phenoxy) is 2. The molecule has 0 amide bonds. The molecule has 5 nitrogen and oxygen atoms in total. The number of hydrogen-bond donors (Lipinski definition) is 2. The van der Waals surface area contributed by atoms with Crippen molar-refractivity contribution < 1.29 is 9.47 Å². The van der Waals surface area contributed by atoms with Gasteiger partial charge in [0.25, 0.3) is 0 Å². The maximum atomic E-state index is 5.75. The van der Waals surface area contributed by atoms with Crippen molar-refractivity contribution in [3.63, 3.8) is 0 Å². The van der Waals surface area contributed by atoms with Gasteiger partial charge < -0.3 is 20.1 Å². The van der Waals surface area contributed by atoms with Crippen LogP contribution in [0.2, 0.25) is 0 Å². The molecular formula is C23H38IN3O2. The van der Waals surface area contributed by atoms with E-state index < -0.39 is 0 Å². The van der Waals surface area contributed by atoms with Crippen LogP contribution in [-0.4, -0.2) is 52.5 Å². The number of benzene rings is 1. The van der Waals surface area contributed by atoms with Gasteiger partial charge in [-0.2, -0.15) is 0 Å². The van der Waals surface area contributed by atoms with Crippen LogP contribution >= 0.6 is 24.0 Å². The average molecular weight is 515 g/mol. The molecule has 1 aromatic carbocycles. The van der Waals surface area contributed by atoms with Crippen molar-refractivity contribution in [2.45, 2.75) is 44.4 Å². The summed E-state index contributed by atoms with van der Waals surface area (Å²) >= 11 is 0. The Labute approximate surface area is 193 Å². The fourth-order valence-corrected chi connectivity index (χ4v) is 4.23. The molecule has 0 bridgehead atoms. The highest BCUT2D eigenvalue weighted by molar-refractivity contribution is 14.0. The number of nitrogens with zero attached hydrogens (tertiary/aromatic N) is 1. The number of hydrogen-bond acceptors (Lipinski definition) is 3. The van der Waals surface area contributed by atoms with Gasteiger partial charge in [0.1, 0.15) is 0 Å². The Morgan fingerprint density at radius 2 is 1.86 bits per heavy atom. The summed E-state index contributed by atoms with van der Waals surface area (Å²) in [5.41, 5.74) is 1.51. The summed E-state index contributed by atoms with van der Waals surface area (Å²) in [5, 5.41) is 6.92. The van der Waals surface area contributed by atoms with Crippen LogP contribution < -0.4 is 10.6 Å². The highest BCUT2D eigenvalue weighted by Gasteiger charge is 2.22. The van der Waals surface area contributed by atoms with Crippen LogP contribution in [0.1, 0.15) is 50.0 Å². The van der Waals surface area contributed by atoms with E-state index >= 15 is 0 Å². The van der Waals surface area contributed by atoms with Crippen molar-refractivity contribution in [3.05, 3.63) is 35.9 Å². The number of guanidine groups is 1. The Morgan fingerprint density at radius 1 is 1.07 bits per heavy atom. The zero-order valence-corrected chi connectivity index (χ0v) is 20.1. The van der Waals surface area contributed by atoms with Gasteiger partial charge in [-0.15, -0.1) is 24.0 Å². The topological polar surface area (TPSA) is 54.9 Å². The molecule has 1 aliphatic heterocycles. The van der Waals surface area contributed by atoms with Crippen molar-refractivity contribution in [3.8, 4) is 0 Å². The molecule has 2 N–H and O–H groups in total. The van der Waals surface area contributed by atoms with E-state index in [0.717, 1.165) is 70.2 Å². The molecular weight excluding hydrogens is 477 g/mol. The number of halogens is 1. The van der Waals surface area contributed by atoms with Crippen LogP contribution in [0.4, 0.5) is 0 Å². The maximum Gasteiger partial charge on any atom is 0.190 e. The first-order valence-corrected chi connectivity index (χ1v) is 11.0. The quantitative estimate of drug-likeness (QED) is 0.224. The van der Waals surface area contributed by atoms with Crippen molar-refractivity contribution in [2.24, 2.45) is 16.8 Å². The Balaban J connectivity index is 0.00000300. The second-order valence-corrected chi connectivity index (χ2v) is 8.17. The lowest BCUT2D eigenvalue weighted by Gasteiger charge is -2.29. The van der Waals surface area contributed by atoms with Gasteiger partial charge >= 0.3 is 0 Å². The average Bonchev–Trinajstić information content (AvgIpc) is 3.27. The minimum Gasteiger partial charge on any atom is -0.381 e. The summed E-state index contributed by atoms with van der Waals surface area (Å²) < 4.78 is 11.1. The SMILES string of the molecule is CN=C(NCCCOCC1CCOC1)NCC1CCC(c2ccccc2)CC1.I. The summed E-state index contributed by atoms with van der Waals surface area (Å²) in [6.45, 7) is 5.29. The monoisotopic (exact) mass is 515 g/mol. The van der Waals surface area contributed by atoms with E-state index in [1.165, 1.54) is 31.2 Å². The highest BCUT2D eigenvalue weighted by Crippen LogP contribution is 2.35. The van der Waals surface area contributed by atoms with Crippen LogP contribution in [0.3, 0.4) is 0 Å². The van der Waals surface area contributed by atoms with Gasteiger partial charge in [-0.05, 0) is 55.9 Å². The second kappa shape index (κ2) is 14.2. The third-order valence-corrected chi connectivity index (χ3v) is 6.03. The standard InChI is InChI=1S/C23H37N3O2.HI/c1-24-23(25-13-5-14-27-17-20-12-15-28-18-20)26-16-19-8-10-22(11-9-19)21-6-3-2-4-7-21;/h2-4,6-7,19-20,22H,5,8-18H2,1H3,(H2,24,25,26);1H. The number of aliphatic imine (C=N–C) groups is 1. The van der Waals surface area contributed by atoms with Crippen molar-refractivity contribution >= 4 is 29.9 Å². The fourth-order valence-electron chi connectivity index (χ4n) is 4.23. The zero-order chi connectivity index (χ0) is 19.4. The van der Waals surface area contributed by atoms with Gasteiger partial charge in [-0.1, -0.05) is 30.3 Å². The van der Waals surface area contributed by atoms with Gasteiger partial charge in [-0.3, -0.25) is 4.99 Å². The first-order chi connectivity index (χ1) is 13.8. The molecule has 1 unspecified atom stereocenters. The molecule has 1 saturated carbocycles. The lowest BCUT2D eigenvalue weighted by atomic mass is 9.79. The minimum atomic E-state index is 0. The Morgan fingerprint density at radius 3 is 2.55 bits per heavy atom. The summed E-state index contributed by atoms with van der Waals surface area (Å²) in [6, 6.07) is 11.0. The molecule has 1 aromatic rings. The number of nitrogens with one attached hydrogen (secondary N) is 2. The van der Waals surface area contributed by atoms with Gasteiger partial charge in [-0.25, -0.2) is 0 Å². The molecule has 1 saturated heterocycles. The van der Waals surface area contributed by atoms with E-state index in [4.69, 9.17) is 9.47 Å². The first-order valence-electron chi connectivity index (χ1n) is 11.0. The molecule has 0 spiro atoms. The molecule has 1 aliphatic carbocycles. The van der Waals surface area contributed by atoms with E-state index in [1.807, 2.05) is 7.05 Å². The first kappa shape index (κ1) is 24.4. The molecule has 0 aromatic heterocycles. The van der Waals surface area contributed by atoms with E-state index in [1.54, 1.807) is 0 Å². The van der Waals surface area contributed by atoms with Crippen LogP contribution in [0.15, 0.2) is 35.3 Å².